The molecule has 0 unspecified atom stereocenters. The molecule has 0 saturated carbocycles. The molecule has 2 aromatic carbocycles. The Morgan fingerprint density at radius 2 is 1.83 bits per heavy atom. The van der Waals surface area contributed by atoms with Gasteiger partial charge in [-0.3, -0.25) is 19.5 Å². The number of benzene rings is 2. The lowest BCUT2D eigenvalue weighted by atomic mass is 10.1. The fourth-order valence-corrected chi connectivity index (χ4v) is 2.92. The molecular formula is C22H22N4O3. The average Bonchev–Trinajstić information content (AvgIpc) is 3.04. The predicted molar refractivity (Wildman–Crippen MR) is 111 cm³/mol. The lowest BCUT2D eigenvalue weighted by molar-refractivity contribution is -0.124. The van der Waals surface area contributed by atoms with Gasteiger partial charge in [-0.05, 0) is 55.3 Å². The topological polar surface area (TPSA) is 96.2 Å². The summed E-state index contributed by atoms with van der Waals surface area (Å²) in [7, 11) is 0. The first-order valence-corrected chi connectivity index (χ1v) is 9.09. The van der Waals surface area contributed by atoms with Crippen LogP contribution in [0.5, 0.6) is 0 Å². The Hall–Kier alpha value is -3.71. The van der Waals surface area contributed by atoms with Crippen molar-refractivity contribution in [1.29, 1.82) is 0 Å². The SMILES string of the molecule is Cc1cc(C)n(Cc2ccc(C(=O)Nc3ccccc3C=CC(=O)NO)cc2)n1. The fraction of sp³-hybridized carbons (Fsp3) is 0.136. The van der Waals surface area contributed by atoms with Crippen LogP contribution < -0.4 is 10.8 Å². The molecule has 0 saturated heterocycles. The van der Waals surface area contributed by atoms with Crippen molar-refractivity contribution in [2.45, 2.75) is 20.4 Å². The number of aromatic nitrogens is 2. The van der Waals surface area contributed by atoms with Crippen LogP contribution in [0.25, 0.3) is 6.08 Å². The molecule has 3 rings (SSSR count). The monoisotopic (exact) mass is 390 g/mol. The quantitative estimate of drug-likeness (QED) is 0.342. The second-order valence-corrected chi connectivity index (χ2v) is 6.63. The number of anilines is 1. The first-order chi connectivity index (χ1) is 14.0. The van der Waals surface area contributed by atoms with Gasteiger partial charge in [-0.25, -0.2) is 5.48 Å². The van der Waals surface area contributed by atoms with E-state index < -0.39 is 5.91 Å². The van der Waals surface area contributed by atoms with E-state index in [1.807, 2.05) is 36.7 Å². The number of nitrogens with one attached hydrogen (secondary N) is 2. The molecule has 0 aliphatic heterocycles. The molecule has 0 aliphatic rings. The standard InChI is InChI=1S/C22H22N4O3/c1-15-13-16(2)26(24-15)14-17-7-9-19(10-8-17)22(28)23-20-6-4-3-5-18(20)11-12-21(27)25-29/h3-13,29H,14H2,1-2H3,(H,23,28)(H,25,27). The van der Waals surface area contributed by atoms with Crippen molar-refractivity contribution < 1.29 is 14.8 Å². The Balaban J connectivity index is 1.71. The van der Waals surface area contributed by atoms with E-state index in [1.165, 1.54) is 17.6 Å². The van der Waals surface area contributed by atoms with Gasteiger partial charge in [-0.2, -0.15) is 5.10 Å². The van der Waals surface area contributed by atoms with E-state index in [4.69, 9.17) is 5.21 Å². The normalized spacial score (nSPS) is 10.9. The number of nitrogens with zero attached hydrogens (tertiary/aromatic N) is 2. The van der Waals surface area contributed by atoms with Gasteiger partial charge >= 0.3 is 0 Å². The number of hydrogen-bond donors (Lipinski definition) is 3. The van der Waals surface area contributed by atoms with Gasteiger partial charge in [0.05, 0.1) is 12.2 Å². The van der Waals surface area contributed by atoms with E-state index in [1.54, 1.807) is 36.4 Å². The highest BCUT2D eigenvalue weighted by Gasteiger charge is 2.09. The third kappa shape index (κ3) is 5.18. The van der Waals surface area contributed by atoms with E-state index in [0.717, 1.165) is 17.0 Å². The van der Waals surface area contributed by atoms with Crippen LogP contribution >= 0.6 is 0 Å². The number of amides is 2. The first-order valence-electron chi connectivity index (χ1n) is 9.09. The molecule has 148 valence electrons. The number of rotatable bonds is 6. The van der Waals surface area contributed by atoms with Gasteiger partial charge in [0.1, 0.15) is 0 Å². The number of carbonyl (C=O) groups is 2. The maximum atomic E-state index is 12.6. The van der Waals surface area contributed by atoms with Gasteiger partial charge in [-0.1, -0.05) is 30.3 Å². The van der Waals surface area contributed by atoms with Crippen molar-refractivity contribution >= 4 is 23.6 Å². The second kappa shape index (κ2) is 8.99. The van der Waals surface area contributed by atoms with E-state index in [2.05, 4.69) is 10.4 Å². The maximum absolute atomic E-state index is 12.6. The number of hydroxylamine groups is 1. The van der Waals surface area contributed by atoms with Gasteiger partial charge in [0.25, 0.3) is 11.8 Å². The molecule has 0 bridgehead atoms. The van der Waals surface area contributed by atoms with Crippen LogP contribution in [0.15, 0.2) is 60.7 Å². The second-order valence-electron chi connectivity index (χ2n) is 6.63. The van der Waals surface area contributed by atoms with Crippen LogP contribution in [0.1, 0.15) is 32.9 Å². The van der Waals surface area contributed by atoms with Crippen molar-refractivity contribution in [2.24, 2.45) is 0 Å². The minimum atomic E-state index is -0.649. The Morgan fingerprint density at radius 3 is 2.48 bits per heavy atom. The smallest absolute Gasteiger partial charge is 0.267 e. The Kier molecular flexibility index (Phi) is 6.21. The lowest BCUT2D eigenvalue weighted by Gasteiger charge is -2.10. The lowest BCUT2D eigenvalue weighted by Crippen LogP contribution is -2.15. The molecule has 0 fully saturated rings. The van der Waals surface area contributed by atoms with Crippen LogP contribution in [0.2, 0.25) is 0 Å². The van der Waals surface area contributed by atoms with Gasteiger partial charge in [0.2, 0.25) is 0 Å². The molecule has 1 aromatic heterocycles. The van der Waals surface area contributed by atoms with Crippen LogP contribution in [0, 0.1) is 13.8 Å². The summed E-state index contributed by atoms with van der Waals surface area (Å²) in [6.07, 6.45) is 2.69. The summed E-state index contributed by atoms with van der Waals surface area (Å²) in [6, 6.07) is 16.5. The Labute approximate surface area is 168 Å². The molecule has 3 N–H and O–H groups in total. The highest BCUT2D eigenvalue weighted by Crippen LogP contribution is 2.18. The van der Waals surface area contributed by atoms with Gasteiger partial charge in [-0.15, -0.1) is 0 Å². The minimum Gasteiger partial charge on any atom is -0.321 e. The molecule has 7 nitrogen and oxygen atoms in total. The van der Waals surface area contributed by atoms with Crippen LogP contribution in [0.4, 0.5) is 5.69 Å². The number of hydrogen-bond acceptors (Lipinski definition) is 4. The van der Waals surface area contributed by atoms with E-state index >= 15 is 0 Å². The fourth-order valence-electron chi connectivity index (χ4n) is 2.92. The van der Waals surface area contributed by atoms with Crippen molar-refractivity contribution in [2.75, 3.05) is 5.32 Å². The Bertz CT molecular complexity index is 1050. The highest BCUT2D eigenvalue weighted by atomic mass is 16.5. The van der Waals surface area contributed by atoms with Crippen molar-refractivity contribution in [1.82, 2.24) is 15.3 Å². The summed E-state index contributed by atoms with van der Waals surface area (Å²) in [4.78, 5) is 23.8. The van der Waals surface area contributed by atoms with Gasteiger partial charge in [0.15, 0.2) is 0 Å². The van der Waals surface area contributed by atoms with Crippen LogP contribution in [0.3, 0.4) is 0 Å². The number of para-hydroxylation sites is 1. The summed E-state index contributed by atoms with van der Waals surface area (Å²) in [5.41, 5.74) is 6.37. The highest BCUT2D eigenvalue weighted by molar-refractivity contribution is 6.05. The summed E-state index contributed by atoms with van der Waals surface area (Å²) < 4.78 is 1.93. The zero-order valence-electron chi connectivity index (χ0n) is 16.2. The average molecular weight is 390 g/mol. The molecule has 0 radical (unpaired) electrons. The van der Waals surface area contributed by atoms with Gasteiger partial charge in [0, 0.05) is 23.0 Å². The van der Waals surface area contributed by atoms with E-state index in [-0.39, 0.29) is 5.91 Å². The molecule has 2 amide bonds. The molecule has 1 heterocycles. The molecule has 7 heteroatoms. The number of aryl methyl sites for hydroxylation is 2. The van der Waals surface area contributed by atoms with Crippen LogP contribution in [-0.2, 0) is 11.3 Å². The van der Waals surface area contributed by atoms with E-state index in [9.17, 15) is 9.59 Å². The Morgan fingerprint density at radius 1 is 1.10 bits per heavy atom. The molecule has 3 aromatic rings. The van der Waals surface area contributed by atoms with Crippen molar-refractivity contribution in [3.63, 3.8) is 0 Å². The molecule has 0 spiro atoms. The maximum Gasteiger partial charge on any atom is 0.267 e. The summed E-state index contributed by atoms with van der Waals surface area (Å²) in [5, 5.41) is 15.9. The molecule has 0 aliphatic carbocycles. The third-order valence-electron chi connectivity index (χ3n) is 4.39. The first kappa shape index (κ1) is 20.0. The molecular weight excluding hydrogens is 368 g/mol. The zero-order valence-corrected chi connectivity index (χ0v) is 16.2. The van der Waals surface area contributed by atoms with Crippen molar-refractivity contribution in [3.05, 3.63) is 88.8 Å². The largest absolute Gasteiger partial charge is 0.321 e. The summed E-state index contributed by atoms with van der Waals surface area (Å²) in [6.45, 7) is 4.61. The molecule has 29 heavy (non-hydrogen) atoms. The molecule has 0 atom stereocenters. The third-order valence-corrected chi connectivity index (χ3v) is 4.39. The predicted octanol–water partition coefficient (Wildman–Crippen LogP) is 3.32. The minimum absolute atomic E-state index is 0.255. The zero-order chi connectivity index (χ0) is 20.8. The van der Waals surface area contributed by atoms with Crippen LogP contribution in [-0.4, -0.2) is 26.8 Å². The summed E-state index contributed by atoms with van der Waals surface area (Å²) >= 11 is 0. The van der Waals surface area contributed by atoms with Crippen molar-refractivity contribution in [3.8, 4) is 0 Å². The number of carbonyl (C=O) groups excluding carboxylic acids is 2. The summed E-state index contributed by atoms with van der Waals surface area (Å²) in [5.74, 6) is -0.903. The van der Waals surface area contributed by atoms with E-state index in [0.29, 0.717) is 23.4 Å². The van der Waals surface area contributed by atoms with Gasteiger partial charge < -0.3 is 5.32 Å².